The average molecular weight is 942 g/mol. The maximum absolute atomic E-state index is 13.0. The molecule has 7 rings (SSSR count). The molecule has 7 fully saturated rings. The van der Waals surface area contributed by atoms with Gasteiger partial charge in [0.25, 0.3) is 0 Å². The summed E-state index contributed by atoms with van der Waals surface area (Å²) >= 11 is 0. The first kappa shape index (κ1) is 51.2. The van der Waals surface area contributed by atoms with Crippen molar-refractivity contribution in [1.82, 2.24) is 0 Å². The van der Waals surface area contributed by atoms with Crippen LogP contribution in [0, 0.1) is 17.8 Å². The number of ether oxygens (including phenoxy) is 9. The number of hydrogen-bond donors (Lipinski definition) is 13. The van der Waals surface area contributed by atoms with Crippen LogP contribution in [0.15, 0.2) is 12.2 Å². The van der Waals surface area contributed by atoms with Gasteiger partial charge in [-0.3, -0.25) is 0 Å². The minimum absolute atomic E-state index is 0.0106. The Morgan fingerprint density at radius 3 is 2.05 bits per heavy atom. The van der Waals surface area contributed by atoms with Crippen LogP contribution in [0.2, 0.25) is 0 Å². The smallest absolute Gasteiger partial charge is 0.330 e. The third-order valence-corrected chi connectivity index (χ3v) is 14.4. The SMILES string of the molecule is COC1CC(C=CC(=O)OC[C@H]2O[C@@H](OC3CC4C(O[C@@H]5O[C@H](CO)[C@@H](O)[C@H](O)[C@H]5O)CC(O)CC4[OH+]C3C3CCC(O)C(O)C3)[C@H](O[C@@H]3OC[C@@H](O)[C@H](O)[C@H]3O)[C@@H](O)[C@@H]2O)CCC1O. The van der Waals surface area contributed by atoms with Crippen LogP contribution in [0.25, 0.3) is 0 Å². The van der Waals surface area contributed by atoms with E-state index in [-0.39, 0.29) is 38.0 Å². The van der Waals surface area contributed by atoms with E-state index in [4.69, 9.17) is 42.6 Å². The molecule has 65 heavy (non-hydrogen) atoms. The van der Waals surface area contributed by atoms with Crippen LogP contribution in [0.5, 0.6) is 0 Å². The second kappa shape index (κ2) is 22.4. The molecule has 23 nitrogen and oxygen atoms in total. The van der Waals surface area contributed by atoms with Gasteiger partial charge in [-0.2, -0.15) is 0 Å². The van der Waals surface area contributed by atoms with Gasteiger partial charge < -0.3 is 109 Å². The van der Waals surface area contributed by atoms with Crippen LogP contribution in [0.4, 0.5) is 0 Å². The van der Waals surface area contributed by atoms with Crippen LogP contribution in [0.3, 0.4) is 0 Å². The second-order valence-electron chi connectivity index (χ2n) is 18.8. The summed E-state index contributed by atoms with van der Waals surface area (Å²) in [6, 6.07) is 0. The van der Waals surface area contributed by atoms with Crippen molar-refractivity contribution < 1.29 is 114 Å². The number of rotatable bonds is 13. The molecule has 7 aliphatic rings. The maximum Gasteiger partial charge on any atom is 0.330 e. The zero-order valence-corrected chi connectivity index (χ0v) is 36.1. The molecule has 0 aromatic rings. The molecule has 4 heterocycles. The lowest BCUT2D eigenvalue weighted by atomic mass is 9.72. The highest BCUT2D eigenvalue weighted by Crippen LogP contribution is 2.44. The molecule has 3 saturated carbocycles. The Bertz CT molecular complexity index is 1540. The Hall–Kier alpha value is -1.63. The number of esters is 1. The van der Waals surface area contributed by atoms with E-state index in [1.54, 1.807) is 6.08 Å². The van der Waals surface area contributed by atoms with Gasteiger partial charge in [-0.25, -0.2) is 4.79 Å². The first-order valence-corrected chi connectivity index (χ1v) is 22.7. The Balaban J connectivity index is 1.13. The highest BCUT2D eigenvalue weighted by atomic mass is 16.8. The van der Waals surface area contributed by atoms with Crippen molar-refractivity contribution in [2.45, 2.75) is 199 Å². The standard InChI is InChI=1S/C42H68O23/c1-57-26-8-16(2-5-21(26)46)3-7-30(49)58-15-29-33(52)35(54)39(65-40-36(55)31(50)23(48)14-59-40)42(64-29)62-27-12-19-24(60-38(27)17-4-6-20(45)22(47)9-17)10-18(44)11-25(19)61-41-37(56)34(53)32(51)28(13-43)63-41/h3,7,16-29,31-48,50-56H,2,4-6,8-15H2,1H3/p+1/t16?,17?,18?,19?,20?,21?,22?,23-,24?,25?,26?,27?,28-,29-,31+,32-,33-,34+,35+,36-,37-,38?,39-,40+,41-,42-/m1/s1. The van der Waals surface area contributed by atoms with Crippen LogP contribution in [-0.4, -0.2) is 245 Å². The lowest BCUT2D eigenvalue weighted by Crippen LogP contribution is -2.65. The van der Waals surface area contributed by atoms with E-state index in [1.165, 1.54) is 13.2 Å². The summed E-state index contributed by atoms with van der Waals surface area (Å²) in [5, 5.41) is 138. The molecule has 3 aliphatic carbocycles. The Morgan fingerprint density at radius 2 is 1.32 bits per heavy atom. The predicted molar refractivity (Wildman–Crippen MR) is 214 cm³/mol. The normalized spacial score (nSPS) is 51.0. The summed E-state index contributed by atoms with van der Waals surface area (Å²) in [6.45, 7) is -1.76. The van der Waals surface area contributed by atoms with Gasteiger partial charge in [0.15, 0.2) is 31.1 Å². The molecule has 14 N–H and O–H groups in total. The largest absolute Gasteiger partial charge is 0.460 e. The van der Waals surface area contributed by atoms with Gasteiger partial charge in [-0.15, -0.1) is 0 Å². The minimum atomic E-state index is -1.88. The van der Waals surface area contributed by atoms with Crippen molar-refractivity contribution in [1.29, 1.82) is 0 Å². The Kier molecular flexibility index (Phi) is 17.7. The van der Waals surface area contributed by atoms with E-state index in [9.17, 15) is 71.2 Å². The molecule has 4 aliphatic heterocycles. The van der Waals surface area contributed by atoms with Gasteiger partial charge in [-0.1, -0.05) is 6.08 Å². The minimum Gasteiger partial charge on any atom is -0.460 e. The van der Waals surface area contributed by atoms with E-state index in [0.29, 0.717) is 25.7 Å². The Morgan fingerprint density at radius 1 is 0.631 bits per heavy atom. The van der Waals surface area contributed by atoms with Crippen molar-refractivity contribution in [3.8, 4) is 0 Å². The number of allylic oxidation sites excluding steroid dienone is 1. The van der Waals surface area contributed by atoms with E-state index >= 15 is 0 Å². The molecule has 374 valence electrons. The van der Waals surface area contributed by atoms with Crippen molar-refractivity contribution in [2.24, 2.45) is 17.8 Å². The molecule has 0 bridgehead atoms. The molecular formula is C42H69O23+. The molecule has 0 amide bonds. The number of aliphatic hydroxyl groups is 15. The molecule has 4 saturated heterocycles. The first-order valence-electron chi connectivity index (χ1n) is 22.7. The second-order valence-corrected chi connectivity index (χ2v) is 18.8. The summed E-state index contributed by atoms with van der Waals surface area (Å²) in [7, 11) is 1.49. The fourth-order valence-corrected chi connectivity index (χ4v) is 10.5. The third kappa shape index (κ3) is 11.7. The van der Waals surface area contributed by atoms with Gasteiger partial charge in [0.05, 0.1) is 55.8 Å². The summed E-state index contributed by atoms with van der Waals surface area (Å²) < 4.78 is 52.2. The van der Waals surface area contributed by atoms with Crippen LogP contribution in [-0.2, 0) is 42.7 Å². The van der Waals surface area contributed by atoms with E-state index in [0.717, 1.165) is 0 Å². The number of methoxy groups -OCH3 is 1. The number of hydrogen-bond acceptors (Lipinski definition) is 22. The summed E-state index contributed by atoms with van der Waals surface area (Å²) in [4.78, 5) is 13.0. The first-order chi connectivity index (χ1) is 31.0. The predicted octanol–water partition coefficient (Wildman–Crippen LogP) is -5.94. The van der Waals surface area contributed by atoms with Gasteiger partial charge in [0.1, 0.15) is 79.9 Å². The lowest BCUT2D eigenvalue weighted by molar-refractivity contribution is -0.385. The maximum atomic E-state index is 13.0. The van der Waals surface area contributed by atoms with E-state index in [2.05, 4.69) is 0 Å². The van der Waals surface area contributed by atoms with Crippen molar-refractivity contribution in [2.75, 3.05) is 26.9 Å². The zero-order valence-electron chi connectivity index (χ0n) is 36.1. The fourth-order valence-electron chi connectivity index (χ4n) is 10.5. The zero-order chi connectivity index (χ0) is 46.9. The van der Waals surface area contributed by atoms with Crippen LogP contribution >= 0.6 is 0 Å². The van der Waals surface area contributed by atoms with Gasteiger partial charge in [0.2, 0.25) is 0 Å². The highest BCUT2D eigenvalue weighted by molar-refractivity contribution is 5.81. The van der Waals surface area contributed by atoms with E-state index in [1.807, 2.05) is 0 Å². The highest BCUT2D eigenvalue weighted by Gasteiger charge is 2.58. The van der Waals surface area contributed by atoms with Crippen molar-refractivity contribution >= 4 is 5.97 Å². The van der Waals surface area contributed by atoms with Crippen molar-refractivity contribution in [3.63, 3.8) is 0 Å². The average Bonchev–Trinajstić information content (AvgIpc) is 3.28. The van der Waals surface area contributed by atoms with Crippen LogP contribution in [0.1, 0.15) is 57.8 Å². The molecule has 0 spiro atoms. The lowest BCUT2D eigenvalue weighted by Gasteiger charge is -2.50. The monoisotopic (exact) mass is 941 g/mol. The molecular weight excluding hydrogens is 872 g/mol. The summed E-state index contributed by atoms with van der Waals surface area (Å²) in [6.07, 6.45) is -25.0. The molecule has 23 heteroatoms. The number of carbonyl (C=O) groups is 1. The van der Waals surface area contributed by atoms with E-state index < -0.39 is 179 Å². The number of carbonyl (C=O) groups excluding carboxylic acids is 1. The quantitative estimate of drug-likeness (QED) is 0.0464. The number of aliphatic hydroxyl groups excluding tert-OH is 13. The van der Waals surface area contributed by atoms with Gasteiger partial charge in [-0.05, 0) is 50.9 Å². The number of fused-ring (bicyclic) bond motifs is 1. The Labute approximate surface area is 374 Å². The summed E-state index contributed by atoms with van der Waals surface area (Å²) in [5.41, 5.74) is 0. The van der Waals surface area contributed by atoms with Crippen molar-refractivity contribution in [3.05, 3.63) is 12.2 Å². The van der Waals surface area contributed by atoms with Crippen LogP contribution < -0.4 is 0 Å². The summed E-state index contributed by atoms with van der Waals surface area (Å²) in [5.74, 6) is -1.88. The topological polar surface area (TPSA) is 367 Å². The molecule has 0 aromatic carbocycles. The molecule has 12 unspecified atom stereocenters. The molecule has 26 atom stereocenters. The molecule has 0 radical (unpaired) electrons. The van der Waals surface area contributed by atoms with Gasteiger partial charge in [0, 0.05) is 31.9 Å². The molecule has 0 aromatic heterocycles. The third-order valence-electron chi connectivity index (χ3n) is 14.4. The fraction of sp³-hybridized carbons (Fsp3) is 0.929. The van der Waals surface area contributed by atoms with Gasteiger partial charge >= 0.3 is 5.97 Å².